The predicted octanol–water partition coefficient (Wildman–Crippen LogP) is 2.74. The molecule has 1 amide bonds. The fourth-order valence-electron chi connectivity index (χ4n) is 3.11. The Kier molecular flexibility index (Phi) is 3.72. The fraction of sp³-hybridized carbons (Fsp3) is 0.294. The fourth-order valence-corrected chi connectivity index (χ4v) is 4.23. The number of carboxylic acid groups (broad SMARTS) is 1. The Morgan fingerprint density at radius 3 is 2.71 bits per heavy atom. The van der Waals surface area contributed by atoms with Crippen LogP contribution >= 0.6 is 11.8 Å². The summed E-state index contributed by atoms with van der Waals surface area (Å²) in [6.45, 7) is 2.43. The van der Waals surface area contributed by atoms with Crippen LogP contribution in [0, 0.1) is 0 Å². The van der Waals surface area contributed by atoms with E-state index in [1.807, 2.05) is 6.08 Å². The summed E-state index contributed by atoms with van der Waals surface area (Å²) in [6, 6.07) is 6.23. The number of carbonyl (C=O) groups excluding carboxylic acids is 1. The maximum absolute atomic E-state index is 11.6. The van der Waals surface area contributed by atoms with E-state index in [0.717, 1.165) is 26.9 Å². The molecule has 3 aliphatic rings. The van der Waals surface area contributed by atoms with E-state index in [0.29, 0.717) is 32.6 Å². The number of nitrogens with one attached hydrogen (secondary N) is 1. The van der Waals surface area contributed by atoms with E-state index in [-0.39, 0.29) is 5.78 Å². The molecule has 2 aliphatic heterocycles. The first kappa shape index (κ1) is 15.1. The summed E-state index contributed by atoms with van der Waals surface area (Å²) >= 11 is 1.64. The van der Waals surface area contributed by atoms with Gasteiger partial charge in [0.15, 0.2) is 5.78 Å². The van der Waals surface area contributed by atoms with Crippen LogP contribution in [0.5, 0.6) is 0 Å². The molecule has 6 nitrogen and oxygen atoms in total. The third-order valence-electron chi connectivity index (χ3n) is 4.45. The van der Waals surface area contributed by atoms with Crippen LogP contribution < -0.4 is 10.2 Å². The molecule has 0 unspecified atom stereocenters. The van der Waals surface area contributed by atoms with Crippen LogP contribution in [0.1, 0.15) is 6.42 Å². The van der Waals surface area contributed by atoms with Gasteiger partial charge in [0, 0.05) is 53.8 Å². The van der Waals surface area contributed by atoms with Crippen LogP contribution in [0.3, 0.4) is 0 Å². The smallest absolute Gasteiger partial charge is 0.407 e. The maximum Gasteiger partial charge on any atom is 0.407 e. The Bertz CT molecular complexity index is 779. The Hall–Kier alpha value is -2.41. The number of amides is 1. The van der Waals surface area contributed by atoms with Gasteiger partial charge in [0.05, 0.1) is 5.69 Å². The van der Waals surface area contributed by atoms with Gasteiger partial charge < -0.3 is 20.2 Å². The zero-order chi connectivity index (χ0) is 16.7. The molecule has 4 rings (SSSR count). The second kappa shape index (κ2) is 5.90. The molecule has 0 spiro atoms. The first-order chi connectivity index (χ1) is 11.6. The van der Waals surface area contributed by atoms with Gasteiger partial charge in [0.1, 0.15) is 0 Å². The molecule has 1 saturated heterocycles. The number of rotatable bonds is 1. The number of hydrogen-bond donors (Lipinski definition) is 2. The van der Waals surface area contributed by atoms with Gasteiger partial charge in [-0.25, -0.2) is 4.79 Å². The van der Waals surface area contributed by atoms with Gasteiger partial charge >= 0.3 is 6.09 Å². The van der Waals surface area contributed by atoms with Crippen molar-refractivity contribution >= 4 is 35.0 Å². The molecular weight excluding hydrogens is 326 g/mol. The molecule has 124 valence electrons. The highest BCUT2D eigenvalue weighted by atomic mass is 32.2. The molecule has 0 atom stereocenters. The maximum atomic E-state index is 11.6. The summed E-state index contributed by atoms with van der Waals surface area (Å²) in [7, 11) is 0. The SMILES string of the molecule is O=C1C=CC2=C(C1)Sc1cc(N3CCN(C(=O)O)CC3)ccc1N2. The van der Waals surface area contributed by atoms with Crippen LogP contribution in [0.2, 0.25) is 0 Å². The molecule has 7 heteroatoms. The van der Waals surface area contributed by atoms with Crippen molar-refractivity contribution < 1.29 is 14.7 Å². The van der Waals surface area contributed by atoms with Gasteiger partial charge in [-0.05, 0) is 30.4 Å². The summed E-state index contributed by atoms with van der Waals surface area (Å²) in [5, 5.41) is 12.4. The molecule has 1 aromatic rings. The van der Waals surface area contributed by atoms with Crippen LogP contribution in [-0.2, 0) is 4.79 Å². The standard InChI is InChI=1S/C17H17N3O3S/c21-12-2-4-14-16(10-12)24-15-9-11(1-3-13(15)18-14)19-5-7-20(8-6-19)17(22)23/h1-4,9,18H,5-8,10H2,(H,22,23). The highest BCUT2D eigenvalue weighted by Crippen LogP contribution is 2.44. The van der Waals surface area contributed by atoms with Crippen molar-refractivity contribution in [2.45, 2.75) is 11.3 Å². The second-order valence-corrected chi connectivity index (χ2v) is 7.11. The Balaban J connectivity index is 1.52. The third kappa shape index (κ3) is 2.75. The van der Waals surface area contributed by atoms with Crippen molar-refractivity contribution in [2.75, 3.05) is 36.4 Å². The molecule has 1 aliphatic carbocycles. The van der Waals surface area contributed by atoms with Crippen molar-refractivity contribution in [3.63, 3.8) is 0 Å². The lowest BCUT2D eigenvalue weighted by molar-refractivity contribution is -0.114. The minimum Gasteiger partial charge on any atom is -0.465 e. The van der Waals surface area contributed by atoms with Crippen molar-refractivity contribution in [3.8, 4) is 0 Å². The number of carbonyl (C=O) groups is 2. The predicted molar refractivity (Wildman–Crippen MR) is 93.5 cm³/mol. The molecule has 1 aromatic carbocycles. The largest absolute Gasteiger partial charge is 0.465 e. The number of hydrogen-bond acceptors (Lipinski definition) is 5. The number of ketones is 1. The molecule has 24 heavy (non-hydrogen) atoms. The molecule has 0 radical (unpaired) electrons. The van der Waals surface area contributed by atoms with E-state index in [9.17, 15) is 9.59 Å². The normalized spacial score (nSPS) is 19.8. The number of thioether (sulfide) groups is 1. The number of benzene rings is 1. The lowest BCUT2D eigenvalue weighted by atomic mass is 10.1. The van der Waals surface area contributed by atoms with Crippen molar-refractivity contribution in [1.29, 1.82) is 0 Å². The van der Waals surface area contributed by atoms with Crippen LogP contribution in [0.15, 0.2) is 45.8 Å². The van der Waals surface area contributed by atoms with E-state index in [2.05, 4.69) is 28.4 Å². The van der Waals surface area contributed by atoms with E-state index in [4.69, 9.17) is 5.11 Å². The van der Waals surface area contributed by atoms with Crippen molar-refractivity contribution in [1.82, 2.24) is 4.90 Å². The average molecular weight is 343 g/mol. The second-order valence-electron chi connectivity index (χ2n) is 5.98. The van der Waals surface area contributed by atoms with Crippen LogP contribution in [-0.4, -0.2) is 48.1 Å². The van der Waals surface area contributed by atoms with Gasteiger partial charge in [0.25, 0.3) is 0 Å². The Labute approximate surface area is 143 Å². The van der Waals surface area contributed by atoms with Gasteiger partial charge in [-0.2, -0.15) is 0 Å². The Morgan fingerprint density at radius 1 is 1.17 bits per heavy atom. The Morgan fingerprint density at radius 2 is 1.96 bits per heavy atom. The van der Waals surface area contributed by atoms with Crippen LogP contribution in [0.4, 0.5) is 16.2 Å². The summed E-state index contributed by atoms with van der Waals surface area (Å²) < 4.78 is 0. The van der Waals surface area contributed by atoms with E-state index in [1.54, 1.807) is 17.8 Å². The molecule has 0 aromatic heterocycles. The number of nitrogens with zero attached hydrogens (tertiary/aromatic N) is 2. The molecule has 1 fully saturated rings. The monoisotopic (exact) mass is 343 g/mol. The van der Waals surface area contributed by atoms with Gasteiger partial charge in [-0.1, -0.05) is 11.8 Å². The topological polar surface area (TPSA) is 72.9 Å². The third-order valence-corrected chi connectivity index (χ3v) is 5.62. The lowest BCUT2D eigenvalue weighted by Crippen LogP contribution is -2.48. The lowest BCUT2D eigenvalue weighted by Gasteiger charge is -2.35. The zero-order valence-corrected chi connectivity index (χ0v) is 13.8. The van der Waals surface area contributed by atoms with Crippen LogP contribution in [0.25, 0.3) is 0 Å². The van der Waals surface area contributed by atoms with Crippen molar-refractivity contribution in [2.24, 2.45) is 0 Å². The summed E-state index contributed by atoms with van der Waals surface area (Å²) in [6.07, 6.45) is 3.06. The first-order valence-corrected chi connectivity index (χ1v) is 8.67. The number of anilines is 2. The average Bonchev–Trinajstić information content (AvgIpc) is 2.59. The van der Waals surface area contributed by atoms with E-state index in [1.165, 1.54) is 4.90 Å². The first-order valence-electron chi connectivity index (χ1n) is 7.86. The number of piperazine rings is 1. The van der Waals surface area contributed by atoms with Gasteiger partial charge in [-0.15, -0.1) is 0 Å². The van der Waals surface area contributed by atoms with E-state index < -0.39 is 6.09 Å². The summed E-state index contributed by atoms with van der Waals surface area (Å²) in [5.41, 5.74) is 3.15. The molecule has 0 bridgehead atoms. The van der Waals surface area contributed by atoms with E-state index >= 15 is 0 Å². The number of allylic oxidation sites excluding steroid dienone is 3. The van der Waals surface area contributed by atoms with Gasteiger partial charge in [0.2, 0.25) is 0 Å². The highest BCUT2D eigenvalue weighted by Gasteiger charge is 2.24. The molecular formula is C17H17N3O3S. The molecule has 2 N–H and O–H groups in total. The quantitative estimate of drug-likeness (QED) is 0.817. The summed E-state index contributed by atoms with van der Waals surface area (Å²) in [4.78, 5) is 28.4. The minimum atomic E-state index is -0.852. The van der Waals surface area contributed by atoms with Gasteiger partial charge in [-0.3, -0.25) is 4.79 Å². The minimum absolute atomic E-state index is 0.132. The molecule has 2 heterocycles. The highest BCUT2D eigenvalue weighted by molar-refractivity contribution is 8.03. The molecule has 0 saturated carbocycles. The summed E-state index contributed by atoms with van der Waals surface area (Å²) in [5.74, 6) is 0.132. The zero-order valence-electron chi connectivity index (χ0n) is 13.0. The van der Waals surface area contributed by atoms with Crippen molar-refractivity contribution in [3.05, 3.63) is 41.0 Å². The number of fused-ring (bicyclic) bond motifs is 1.